The molecule has 0 amide bonds. The Balaban J connectivity index is 1.19. The van der Waals surface area contributed by atoms with E-state index in [4.69, 9.17) is 0 Å². The molecule has 1 aliphatic carbocycles. The summed E-state index contributed by atoms with van der Waals surface area (Å²) in [7, 11) is 0. The van der Waals surface area contributed by atoms with Crippen LogP contribution in [-0.4, -0.2) is 4.57 Å². The number of nitrogens with zero attached hydrogens (tertiary/aromatic N) is 2. The average Bonchev–Trinajstić information content (AvgIpc) is 3.84. The lowest BCUT2D eigenvalue weighted by Crippen LogP contribution is -2.12. The molecule has 0 saturated heterocycles. The van der Waals surface area contributed by atoms with Crippen molar-refractivity contribution in [1.29, 1.82) is 0 Å². The standard InChI is InChI=1S/C58H38N2/c1-4-19-39(20-5-1)42-25-12-14-32-50(42)59(52-38-37-47-45-27-11-10-26-44(45)46-30-16-31-48(52)57(46)47)54-35-18-36-55-58(54)49-28-13-15-33-51(49)60(55)53-34-17-29-43(40-21-6-2-7-22-40)56(53)41-23-8-3-9-24-41/h1-38H. The van der Waals surface area contributed by atoms with Crippen molar-refractivity contribution < 1.29 is 0 Å². The van der Waals surface area contributed by atoms with Gasteiger partial charge in [-0.25, -0.2) is 0 Å². The van der Waals surface area contributed by atoms with Gasteiger partial charge in [0, 0.05) is 27.3 Å². The molecule has 0 fully saturated rings. The SMILES string of the molecule is c1ccc(-c2ccccc2N(c2ccc3c4c(cccc24)-c2ccccc2-3)c2cccc3c2c2ccccc2n3-c2cccc(-c3ccccc3)c2-c2ccccc2)cc1. The molecule has 0 bridgehead atoms. The van der Waals surface area contributed by atoms with E-state index < -0.39 is 0 Å². The molecule has 1 aliphatic rings. The Labute approximate surface area is 349 Å². The van der Waals surface area contributed by atoms with Gasteiger partial charge in [0.25, 0.3) is 0 Å². The molecule has 11 aromatic rings. The predicted molar refractivity (Wildman–Crippen MR) is 254 cm³/mol. The van der Waals surface area contributed by atoms with Crippen LogP contribution in [0.15, 0.2) is 231 Å². The van der Waals surface area contributed by atoms with Crippen LogP contribution in [0.5, 0.6) is 0 Å². The number of benzene rings is 10. The van der Waals surface area contributed by atoms with E-state index in [2.05, 4.69) is 240 Å². The van der Waals surface area contributed by atoms with Crippen molar-refractivity contribution in [3.63, 3.8) is 0 Å². The predicted octanol–water partition coefficient (Wildman–Crippen LogP) is 16.1. The number of hydrogen-bond donors (Lipinski definition) is 0. The lowest BCUT2D eigenvalue weighted by molar-refractivity contribution is 1.18. The molecule has 280 valence electrons. The zero-order chi connectivity index (χ0) is 39.6. The van der Waals surface area contributed by atoms with Crippen molar-refractivity contribution in [2.24, 2.45) is 0 Å². The maximum atomic E-state index is 2.53. The van der Waals surface area contributed by atoms with E-state index in [9.17, 15) is 0 Å². The van der Waals surface area contributed by atoms with E-state index >= 15 is 0 Å². The first-order valence-electron chi connectivity index (χ1n) is 20.7. The largest absolute Gasteiger partial charge is 0.309 e. The zero-order valence-electron chi connectivity index (χ0n) is 32.8. The fraction of sp³-hybridized carbons (Fsp3) is 0. The van der Waals surface area contributed by atoms with Crippen LogP contribution in [0.1, 0.15) is 0 Å². The summed E-state index contributed by atoms with van der Waals surface area (Å²) in [5.74, 6) is 0. The third kappa shape index (κ3) is 5.21. The Morgan fingerprint density at radius 2 is 0.767 bits per heavy atom. The van der Waals surface area contributed by atoms with E-state index in [1.54, 1.807) is 0 Å². The summed E-state index contributed by atoms with van der Waals surface area (Å²) in [6, 6.07) is 84.2. The van der Waals surface area contributed by atoms with Crippen molar-refractivity contribution in [3.8, 4) is 61.3 Å². The molecular formula is C58H38N2. The Hall–Kier alpha value is -7.94. The fourth-order valence-corrected chi connectivity index (χ4v) is 9.85. The van der Waals surface area contributed by atoms with Gasteiger partial charge in [-0.05, 0) is 86.3 Å². The second-order valence-electron chi connectivity index (χ2n) is 15.6. The molecule has 12 rings (SSSR count). The molecule has 2 heteroatoms. The molecule has 0 spiro atoms. The first-order valence-corrected chi connectivity index (χ1v) is 20.7. The topological polar surface area (TPSA) is 8.17 Å². The first kappa shape index (κ1) is 34.1. The van der Waals surface area contributed by atoms with Gasteiger partial charge in [-0.2, -0.15) is 0 Å². The Bertz CT molecular complexity index is 3390. The molecule has 1 aromatic heterocycles. The van der Waals surface area contributed by atoms with E-state index in [1.165, 1.54) is 77.2 Å². The molecule has 0 N–H and O–H groups in total. The lowest BCUT2D eigenvalue weighted by Gasteiger charge is -2.30. The van der Waals surface area contributed by atoms with Crippen molar-refractivity contribution >= 4 is 49.6 Å². The van der Waals surface area contributed by atoms with Crippen LogP contribution in [0.25, 0.3) is 93.9 Å². The maximum Gasteiger partial charge on any atom is 0.0562 e. The highest BCUT2D eigenvalue weighted by Crippen LogP contribution is 2.53. The molecule has 0 saturated carbocycles. The molecule has 0 radical (unpaired) electrons. The van der Waals surface area contributed by atoms with Crippen molar-refractivity contribution in [1.82, 2.24) is 4.57 Å². The lowest BCUT2D eigenvalue weighted by atomic mass is 9.93. The summed E-state index contributed by atoms with van der Waals surface area (Å²) >= 11 is 0. The molecule has 0 aliphatic heterocycles. The van der Waals surface area contributed by atoms with Crippen LogP contribution < -0.4 is 4.90 Å². The van der Waals surface area contributed by atoms with Crippen LogP contribution in [-0.2, 0) is 0 Å². The van der Waals surface area contributed by atoms with Gasteiger partial charge in [-0.1, -0.05) is 194 Å². The van der Waals surface area contributed by atoms with Crippen LogP contribution in [0.2, 0.25) is 0 Å². The Morgan fingerprint density at radius 1 is 0.267 bits per heavy atom. The summed E-state index contributed by atoms with van der Waals surface area (Å²) in [5.41, 5.74) is 19.2. The van der Waals surface area contributed by atoms with E-state index in [-0.39, 0.29) is 0 Å². The van der Waals surface area contributed by atoms with Gasteiger partial charge in [-0.3, -0.25) is 0 Å². The fourth-order valence-electron chi connectivity index (χ4n) is 9.85. The van der Waals surface area contributed by atoms with Gasteiger partial charge in [0.15, 0.2) is 0 Å². The summed E-state index contributed by atoms with van der Waals surface area (Å²) in [5, 5.41) is 4.93. The van der Waals surface area contributed by atoms with E-state index in [0.29, 0.717) is 0 Å². The van der Waals surface area contributed by atoms with Gasteiger partial charge in [-0.15, -0.1) is 0 Å². The minimum Gasteiger partial charge on any atom is -0.309 e. The Kier molecular flexibility index (Phi) is 7.89. The zero-order valence-corrected chi connectivity index (χ0v) is 32.8. The van der Waals surface area contributed by atoms with Crippen LogP contribution >= 0.6 is 0 Å². The number of fused-ring (bicyclic) bond motifs is 6. The molecule has 0 unspecified atom stereocenters. The van der Waals surface area contributed by atoms with Crippen molar-refractivity contribution in [3.05, 3.63) is 231 Å². The number of hydrogen-bond acceptors (Lipinski definition) is 1. The van der Waals surface area contributed by atoms with Crippen molar-refractivity contribution in [2.45, 2.75) is 0 Å². The van der Waals surface area contributed by atoms with Gasteiger partial charge in [0.05, 0.1) is 33.8 Å². The van der Waals surface area contributed by atoms with Crippen molar-refractivity contribution in [2.75, 3.05) is 4.90 Å². The molecule has 60 heavy (non-hydrogen) atoms. The molecule has 10 aromatic carbocycles. The second kappa shape index (κ2) is 13.9. The molecule has 1 heterocycles. The number of para-hydroxylation sites is 2. The maximum absolute atomic E-state index is 2.53. The molecule has 2 nitrogen and oxygen atoms in total. The average molecular weight is 763 g/mol. The van der Waals surface area contributed by atoms with E-state index in [1.807, 2.05) is 0 Å². The quantitative estimate of drug-likeness (QED) is 0.157. The molecule has 0 atom stereocenters. The van der Waals surface area contributed by atoms with Crippen LogP contribution in [0, 0.1) is 0 Å². The van der Waals surface area contributed by atoms with E-state index in [0.717, 1.165) is 33.8 Å². The number of anilines is 3. The summed E-state index contributed by atoms with van der Waals surface area (Å²) in [6.07, 6.45) is 0. The third-order valence-electron chi connectivity index (χ3n) is 12.3. The first-order chi connectivity index (χ1) is 29.8. The van der Waals surface area contributed by atoms with Crippen LogP contribution in [0.3, 0.4) is 0 Å². The monoisotopic (exact) mass is 762 g/mol. The third-order valence-corrected chi connectivity index (χ3v) is 12.3. The highest BCUT2D eigenvalue weighted by Gasteiger charge is 2.28. The highest BCUT2D eigenvalue weighted by atomic mass is 15.2. The normalized spacial score (nSPS) is 11.7. The molecular weight excluding hydrogens is 725 g/mol. The minimum atomic E-state index is 1.13. The van der Waals surface area contributed by atoms with Crippen LogP contribution in [0.4, 0.5) is 17.1 Å². The highest BCUT2D eigenvalue weighted by molar-refractivity contribution is 6.22. The Morgan fingerprint density at radius 3 is 1.52 bits per heavy atom. The van der Waals surface area contributed by atoms with Gasteiger partial charge in [0.2, 0.25) is 0 Å². The smallest absolute Gasteiger partial charge is 0.0562 e. The van der Waals surface area contributed by atoms with Gasteiger partial charge in [0.1, 0.15) is 0 Å². The summed E-state index contributed by atoms with van der Waals surface area (Å²) in [4.78, 5) is 2.53. The second-order valence-corrected chi connectivity index (χ2v) is 15.6. The van der Waals surface area contributed by atoms with Gasteiger partial charge >= 0.3 is 0 Å². The van der Waals surface area contributed by atoms with Gasteiger partial charge < -0.3 is 9.47 Å². The minimum absolute atomic E-state index is 1.13. The summed E-state index contributed by atoms with van der Waals surface area (Å²) in [6.45, 7) is 0. The summed E-state index contributed by atoms with van der Waals surface area (Å²) < 4.78 is 2.49. The number of rotatable bonds is 7. The number of aromatic nitrogens is 1.